The number of hydrogen-bond acceptors (Lipinski definition) is 5. The van der Waals surface area contributed by atoms with E-state index in [1.54, 1.807) is 17.0 Å². The van der Waals surface area contributed by atoms with E-state index >= 15 is 0 Å². The minimum absolute atomic E-state index is 0.162. The Labute approximate surface area is 144 Å². The lowest BCUT2D eigenvalue weighted by Crippen LogP contribution is -2.44. The summed E-state index contributed by atoms with van der Waals surface area (Å²) in [7, 11) is -1.25. The third kappa shape index (κ3) is 5.73. The molecule has 2 atom stereocenters. The summed E-state index contributed by atoms with van der Waals surface area (Å²) in [5, 5.41) is 8.27. The van der Waals surface area contributed by atoms with Crippen LogP contribution in [0.4, 0.5) is 4.79 Å². The van der Waals surface area contributed by atoms with Crippen LogP contribution < -0.4 is 0 Å². The summed E-state index contributed by atoms with van der Waals surface area (Å²) in [6.07, 6.45) is 1.51. The number of likely N-dealkylation sites (tertiary alicyclic amines) is 1. The summed E-state index contributed by atoms with van der Waals surface area (Å²) in [5.74, 6) is 0.616. The van der Waals surface area contributed by atoms with Gasteiger partial charge in [-0.2, -0.15) is 0 Å². The van der Waals surface area contributed by atoms with Crippen molar-refractivity contribution in [3.63, 3.8) is 0 Å². The Kier molecular flexibility index (Phi) is 5.97. The van der Waals surface area contributed by atoms with Crippen molar-refractivity contribution in [1.29, 1.82) is 0 Å². The zero-order valence-electron chi connectivity index (χ0n) is 13.6. The van der Waals surface area contributed by atoms with Gasteiger partial charge in [0.25, 0.3) is 0 Å². The molecule has 0 spiro atoms. The van der Waals surface area contributed by atoms with Crippen molar-refractivity contribution in [3.05, 3.63) is 17.3 Å². The van der Waals surface area contributed by atoms with Gasteiger partial charge in [-0.25, -0.2) is 4.79 Å². The second-order valence-corrected chi connectivity index (χ2v) is 8.47. The summed E-state index contributed by atoms with van der Waals surface area (Å²) in [6.45, 7) is 6.78. The molecule has 0 aliphatic carbocycles. The molecule has 23 heavy (non-hydrogen) atoms. The lowest BCUT2D eigenvalue weighted by Gasteiger charge is -2.33. The molecule has 8 heteroatoms. The number of aromatic nitrogens is 2. The van der Waals surface area contributed by atoms with Gasteiger partial charge in [-0.3, -0.25) is 4.21 Å². The van der Waals surface area contributed by atoms with Crippen LogP contribution in [-0.4, -0.2) is 49.8 Å². The molecule has 1 amide bonds. The maximum Gasteiger partial charge on any atom is 0.410 e. The molecule has 0 N–H and O–H groups in total. The first-order valence-electron chi connectivity index (χ1n) is 7.60. The van der Waals surface area contributed by atoms with E-state index in [1.807, 2.05) is 20.8 Å². The Bertz CT molecular complexity index is 574. The SMILES string of the molecule is CC(C)(C)OC(=O)N1CCC[C@@H](C[S@@](=O)c2ccc(Cl)nn2)C1. The smallest absolute Gasteiger partial charge is 0.410 e. The third-order valence-corrected chi connectivity index (χ3v) is 5.06. The number of ether oxygens (including phenoxy) is 1. The maximum absolute atomic E-state index is 12.4. The summed E-state index contributed by atoms with van der Waals surface area (Å²) in [5.41, 5.74) is -0.508. The molecule has 1 aromatic rings. The van der Waals surface area contributed by atoms with Crippen molar-refractivity contribution in [2.45, 2.75) is 44.2 Å². The Morgan fingerprint density at radius 3 is 2.78 bits per heavy atom. The summed E-state index contributed by atoms with van der Waals surface area (Å²) >= 11 is 5.68. The highest BCUT2D eigenvalue weighted by atomic mass is 35.5. The molecule has 6 nitrogen and oxygen atoms in total. The minimum Gasteiger partial charge on any atom is -0.444 e. The van der Waals surface area contributed by atoms with Gasteiger partial charge >= 0.3 is 6.09 Å². The monoisotopic (exact) mass is 359 g/mol. The fraction of sp³-hybridized carbons (Fsp3) is 0.667. The number of amides is 1. The van der Waals surface area contributed by atoms with Crippen molar-refractivity contribution < 1.29 is 13.7 Å². The average Bonchev–Trinajstić information content (AvgIpc) is 2.46. The molecule has 2 rings (SSSR count). The summed E-state index contributed by atoms with van der Waals surface area (Å²) in [4.78, 5) is 13.8. The molecule has 0 unspecified atom stereocenters. The van der Waals surface area contributed by atoms with Crippen LogP contribution in [0.25, 0.3) is 0 Å². The molecule has 1 fully saturated rings. The average molecular weight is 360 g/mol. The molecule has 1 aliphatic rings. The van der Waals surface area contributed by atoms with Gasteiger partial charge in [-0.1, -0.05) is 11.6 Å². The van der Waals surface area contributed by atoms with Crippen molar-refractivity contribution in [1.82, 2.24) is 15.1 Å². The predicted octanol–water partition coefficient (Wildman–Crippen LogP) is 2.88. The highest BCUT2D eigenvalue weighted by Gasteiger charge is 2.28. The molecular formula is C15H22ClN3O3S. The van der Waals surface area contributed by atoms with Crippen LogP contribution in [0.3, 0.4) is 0 Å². The van der Waals surface area contributed by atoms with E-state index in [1.165, 1.54) is 0 Å². The van der Waals surface area contributed by atoms with Crippen molar-refractivity contribution in [3.8, 4) is 0 Å². The topological polar surface area (TPSA) is 72.4 Å². The van der Waals surface area contributed by atoms with Crippen molar-refractivity contribution >= 4 is 28.5 Å². The van der Waals surface area contributed by atoms with Gasteiger partial charge in [0.2, 0.25) is 0 Å². The fourth-order valence-electron chi connectivity index (χ4n) is 2.42. The van der Waals surface area contributed by atoms with Gasteiger partial charge in [-0.05, 0) is 51.7 Å². The molecule has 1 aliphatic heterocycles. The van der Waals surface area contributed by atoms with Gasteiger partial charge in [0.1, 0.15) is 10.6 Å². The molecule has 1 aromatic heterocycles. The normalized spacial score (nSPS) is 20.2. The first-order valence-corrected chi connectivity index (χ1v) is 9.30. The van der Waals surface area contributed by atoms with Gasteiger partial charge < -0.3 is 9.64 Å². The predicted molar refractivity (Wildman–Crippen MR) is 88.8 cm³/mol. The largest absolute Gasteiger partial charge is 0.444 e. The second kappa shape index (κ2) is 7.57. The number of piperidine rings is 1. The van der Waals surface area contributed by atoms with Crippen LogP contribution >= 0.6 is 11.6 Å². The standard InChI is InChI=1S/C15H22ClN3O3S/c1-15(2,3)22-14(20)19-8-4-5-11(9-19)10-23(21)13-7-6-12(16)17-18-13/h6-7,11H,4-5,8-10H2,1-3H3/t11-,23-/m1/s1. The Hall–Kier alpha value is -1.21. The first-order chi connectivity index (χ1) is 10.7. The molecule has 128 valence electrons. The second-order valence-electron chi connectivity index (χ2n) is 6.64. The van der Waals surface area contributed by atoms with E-state index in [4.69, 9.17) is 16.3 Å². The van der Waals surface area contributed by atoms with E-state index in [0.717, 1.165) is 12.8 Å². The van der Waals surface area contributed by atoms with Gasteiger partial charge in [0, 0.05) is 18.8 Å². The molecule has 1 saturated heterocycles. The molecular weight excluding hydrogens is 338 g/mol. The van der Waals surface area contributed by atoms with E-state index in [0.29, 0.717) is 23.9 Å². The lowest BCUT2D eigenvalue weighted by molar-refractivity contribution is 0.0176. The Morgan fingerprint density at radius 2 is 2.17 bits per heavy atom. The number of halogens is 1. The minimum atomic E-state index is -1.25. The molecule has 0 bridgehead atoms. The van der Waals surface area contributed by atoms with Crippen LogP contribution in [0.5, 0.6) is 0 Å². The number of nitrogens with zero attached hydrogens (tertiary/aromatic N) is 3. The van der Waals surface area contributed by atoms with Gasteiger partial charge in [0.15, 0.2) is 5.15 Å². The Morgan fingerprint density at radius 1 is 1.43 bits per heavy atom. The molecule has 0 aromatic carbocycles. The van der Waals surface area contributed by atoms with E-state index in [-0.39, 0.29) is 17.2 Å². The number of hydrogen-bond donors (Lipinski definition) is 0. The number of carbonyl (C=O) groups is 1. The summed E-state index contributed by atoms with van der Waals surface area (Å²) in [6, 6.07) is 3.20. The van der Waals surface area contributed by atoms with Crippen molar-refractivity contribution in [2.75, 3.05) is 18.8 Å². The summed E-state index contributed by atoms with van der Waals surface area (Å²) < 4.78 is 17.8. The van der Waals surface area contributed by atoms with Gasteiger partial charge in [-0.15, -0.1) is 10.2 Å². The zero-order valence-corrected chi connectivity index (χ0v) is 15.2. The maximum atomic E-state index is 12.4. The first kappa shape index (κ1) is 18.1. The van der Waals surface area contributed by atoms with Crippen molar-refractivity contribution in [2.24, 2.45) is 5.92 Å². The highest BCUT2D eigenvalue weighted by Crippen LogP contribution is 2.21. The number of carbonyl (C=O) groups excluding carboxylic acids is 1. The third-order valence-electron chi connectivity index (χ3n) is 3.40. The zero-order chi connectivity index (χ0) is 17.0. The van der Waals surface area contributed by atoms with E-state index in [2.05, 4.69) is 10.2 Å². The quantitative estimate of drug-likeness (QED) is 0.829. The molecule has 0 saturated carbocycles. The lowest BCUT2D eigenvalue weighted by atomic mass is 10.0. The highest BCUT2D eigenvalue weighted by molar-refractivity contribution is 7.84. The van der Waals surface area contributed by atoms with Crippen LogP contribution in [-0.2, 0) is 15.5 Å². The van der Waals surface area contributed by atoms with E-state index < -0.39 is 16.4 Å². The van der Waals surface area contributed by atoms with Crippen LogP contribution in [0.1, 0.15) is 33.6 Å². The molecule has 2 heterocycles. The Balaban J connectivity index is 1.92. The van der Waals surface area contributed by atoms with Crippen LogP contribution in [0, 0.1) is 5.92 Å². The van der Waals surface area contributed by atoms with Crippen LogP contribution in [0.2, 0.25) is 5.15 Å². The van der Waals surface area contributed by atoms with Gasteiger partial charge in [0.05, 0.1) is 10.8 Å². The number of rotatable bonds is 3. The van der Waals surface area contributed by atoms with E-state index in [9.17, 15) is 9.00 Å². The van der Waals surface area contributed by atoms with Crippen LogP contribution in [0.15, 0.2) is 17.2 Å². The fourth-order valence-corrected chi connectivity index (χ4v) is 3.74. The molecule has 0 radical (unpaired) electrons.